The van der Waals surface area contributed by atoms with E-state index in [1.54, 1.807) is 4.90 Å². The number of carbonyl (C=O) groups is 2. The van der Waals surface area contributed by atoms with Gasteiger partial charge in [0, 0.05) is 19.1 Å². The smallest absolute Gasteiger partial charge is 0.251 e. The Morgan fingerprint density at radius 1 is 1.07 bits per heavy atom. The van der Waals surface area contributed by atoms with Crippen LogP contribution in [0.25, 0.3) is 0 Å². The molecule has 27 heavy (non-hydrogen) atoms. The standard InChI is InChI=1S/C21H31N3O3/c25-19(15-22-14-16-8-3-1-4-9-16)24-13-7-12-18(24)20(26)21(27)23-17-10-5-2-6-11-17/h1,3-4,8-9,17-18,20,22,26H,2,5-7,10-15H2,(H,23,27). The van der Waals surface area contributed by atoms with Gasteiger partial charge in [0.25, 0.3) is 5.91 Å². The third-order valence-electron chi connectivity index (χ3n) is 5.65. The lowest BCUT2D eigenvalue weighted by molar-refractivity contribution is -0.139. The molecule has 1 aromatic carbocycles. The summed E-state index contributed by atoms with van der Waals surface area (Å²) in [4.78, 5) is 26.7. The van der Waals surface area contributed by atoms with E-state index < -0.39 is 12.1 Å². The minimum Gasteiger partial charge on any atom is -0.381 e. The highest BCUT2D eigenvalue weighted by Crippen LogP contribution is 2.22. The van der Waals surface area contributed by atoms with E-state index in [2.05, 4.69) is 10.6 Å². The molecule has 3 rings (SSSR count). The largest absolute Gasteiger partial charge is 0.381 e. The van der Waals surface area contributed by atoms with E-state index >= 15 is 0 Å². The fourth-order valence-electron chi connectivity index (χ4n) is 4.15. The second kappa shape index (κ2) is 9.85. The maximum Gasteiger partial charge on any atom is 0.251 e. The summed E-state index contributed by atoms with van der Waals surface area (Å²) in [6.07, 6.45) is 5.78. The third kappa shape index (κ3) is 5.53. The predicted octanol–water partition coefficient (Wildman–Crippen LogP) is 1.58. The van der Waals surface area contributed by atoms with E-state index in [1.807, 2.05) is 30.3 Å². The molecule has 1 heterocycles. The molecule has 0 bridgehead atoms. The highest BCUT2D eigenvalue weighted by Gasteiger charge is 2.37. The van der Waals surface area contributed by atoms with Crippen molar-refractivity contribution in [2.45, 2.75) is 69.7 Å². The maximum atomic E-state index is 12.6. The number of benzene rings is 1. The minimum atomic E-state index is -1.15. The van der Waals surface area contributed by atoms with Crippen LogP contribution in [-0.2, 0) is 16.1 Å². The van der Waals surface area contributed by atoms with Gasteiger partial charge in [-0.05, 0) is 31.2 Å². The van der Waals surface area contributed by atoms with Gasteiger partial charge in [-0.15, -0.1) is 0 Å². The van der Waals surface area contributed by atoms with Crippen molar-refractivity contribution in [3.8, 4) is 0 Å². The molecule has 0 spiro atoms. The Morgan fingerprint density at radius 3 is 2.56 bits per heavy atom. The summed E-state index contributed by atoms with van der Waals surface area (Å²) in [6.45, 7) is 1.43. The van der Waals surface area contributed by atoms with Crippen LogP contribution in [0.2, 0.25) is 0 Å². The molecule has 2 aliphatic rings. The molecule has 6 nitrogen and oxygen atoms in total. The predicted molar refractivity (Wildman–Crippen MR) is 104 cm³/mol. The molecule has 3 N–H and O–H groups in total. The highest BCUT2D eigenvalue weighted by atomic mass is 16.3. The molecule has 1 saturated carbocycles. The summed E-state index contributed by atoms with van der Waals surface area (Å²) in [5, 5.41) is 16.7. The molecule has 0 aromatic heterocycles. The summed E-state index contributed by atoms with van der Waals surface area (Å²) >= 11 is 0. The van der Waals surface area contributed by atoms with Crippen LogP contribution in [0.1, 0.15) is 50.5 Å². The van der Waals surface area contributed by atoms with Gasteiger partial charge in [-0.2, -0.15) is 0 Å². The van der Waals surface area contributed by atoms with Crippen LogP contribution >= 0.6 is 0 Å². The van der Waals surface area contributed by atoms with E-state index in [0.717, 1.165) is 37.7 Å². The molecule has 1 aromatic rings. The van der Waals surface area contributed by atoms with Crippen LogP contribution in [0, 0.1) is 0 Å². The van der Waals surface area contributed by atoms with Gasteiger partial charge < -0.3 is 20.6 Å². The Bertz CT molecular complexity index is 616. The monoisotopic (exact) mass is 373 g/mol. The van der Waals surface area contributed by atoms with Crippen LogP contribution in [0.4, 0.5) is 0 Å². The molecule has 2 atom stereocenters. The molecule has 1 aliphatic carbocycles. The number of carbonyl (C=O) groups excluding carboxylic acids is 2. The highest BCUT2D eigenvalue weighted by molar-refractivity contribution is 5.84. The molecule has 2 fully saturated rings. The van der Waals surface area contributed by atoms with Crippen molar-refractivity contribution in [2.24, 2.45) is 0 Å². The average Bonchev–Trinajstić information content (AvgIpc) is 3.19. The second-order valence-corrected chi connectivity index (χ2v) is 7.67. The minimum absolute atomic E-state index is 0.0575. The second-order valence-electron chi connectivity index (χ2n) is 7.67. The first kappa shape index (κ1) is 19.8. The van der Waals surface area contributed by atoms with Crippen molar-refractivity contribution in [3.63, 3.8) is 0 Å². The zero-order valence-corrected chi connectivity index (χ0v) is 15.9. The zero-order valence-electron chi connectivity index (χ0n) is 15.9. The fourth-order valence-corrected chi connectivity index (χ4v) is 4.15. The van der Waals surface area contributed by atoms with Gasteiger partial charge in [0.2, 0.25) is 5.91 Å². The van der Waals surface area contributed by atoms with Crippen molar-refractivity contribution in [3.05, 3.63) is 35.9 Å². The van der Waals surface area contributed by atoms with Crippen molar-refractivity contribution in [1.29, 1.82) is 0 Å². The van der Waals surface area contributed by atoms with Gasteiger partial charge in [-0.1, -0.05) is 49.6 Å². The van der Waals surface area contributed by atoms with Crippen molar-refractivity contribution < 1.29 is 14.7 Å². The lowest BCUT2D eigenvalue weighted by Gasteiger charge is -2.30. The zero-order chi connectivity index (χ0) is 19.1. The topological polar surface area (TPSA) is 81.7 Å². The van der Waals surface area contributed by atoms with Crippen molar-refractivity contribution >= 4 is 11.8 Å². The SMILES string of the molecule is O=C(NC1CCCCC1)C(O)C1CCCN1C(=O)CNCc1ccccc1. The summed E-state index contributed by atoms with van der Waals surface area (Å²) in [7, 11) is 0. The van der Waals surface area contributed by atoms with Gasteiger partial charge in [-0.25, -0.2) is 0 Å². The number of amides is 2. The van der Waals surface area contributed by atoms with E-state index in [9.17, 15) is 14.7 Å². The first-order valence-corrected chi connectivity index (χ1v) is 10.2. The molecular formula is C21H31N3O3. The molecule has 1 aliphatic heterocycles. The number of hydrogen-bond donors (Lipinski definition) is 3. The summed E-state index contributed by atoms with van der Waals surface area (Å²) in [5.41, 5.74) is 1.12. The molecule has 2 amide bonds. The van der Waals surface area contributed by atoms with Crippen LogP contribution in [-0.4, -0.2) is 53.1 Å². The van der Waals surface area contributed by atoms with Gasteiger partial charge in [0.1, 0.15) is 0 Å². The molecule has 6 heteroatoms. The first-order valence-electron chi connectivity index (χ1n) is 10.2. The Balaban J connectivity index is 1.47. The van der Waals surface area contributed by atoms with Gasteiger partial charge in [0.05, 0.1) is 12.6 Å². The Hall–Kier alpha value is -1.92. The average molecular weight is 373 g/mol. The summed E-state index contributed by atoms with van der Waals surface area (Å²) < 4.78 is 0. The number of nitrogens with zero attached hydrogens (tertiary/aromatic N) is 1. The normalized spacial score (nSPS) is 21.8. The number of likely N-dealkylation sites (tertiary alicyclic amines) is 1. The summed E-state index contributed by atoms with van der Waals surface area (Å²) in [5.74, 6) is -0.387. The molecule has 1 saturated heterocycles. The van der Waals surface area contributed by atoms with E-state index in [1.165, 1.54) is 6.42 Å². The fraction of sp³-hybridized carbons (Fsp3) is 0.619. The number of nitrogens with one attached hydrogen (secondary N) is 2. The molecule has 148 valence electrons. The number of aliphatic hydroxyl groups is 1. The van der Waals surface area contributed by atoms with E-state index in [4.69, 9.17) is 0 Å². The Kier molecular flexibility index (Phi) is 7.24. The summed E-state index contributed by atoms with van der Waals surface area (Å²) in [6, 6.07) is 9.67. The number of hydrogen-bond acceptors (Lipinski definition) is 4. The lowest BCUT2D eigenvalue weighted by Crippen LogP contribution is -2.53. The number of aliphatic hydroxyl groups excluding tert-OH is 1. The van der Waals surface area contributed by atoms with Gasteiger partial charge >= 0.3 is 0 Å². The Labute approximate surface area is 161 Å². The van der Waals surface area contributed by atoms with Crippen LogP contribution < -0.4 is 10.6 Å². The third-order valence-corrected chi connectivity index (χ3v) is 5.65. The van der Waals surface area contributed by atoms with Crippen LogP contribution in [0.5, 0.6) is 0 Å². The van der Waals surface area contributed by atoms with Crippen molar-refractivity contribution in [2.75, 3.05) is 13.1 Å². The quantitative estimate of drug-likeness (QED) is 0.678. The van der Waals surface area contributed by atoms with Crippen molar-refractivity contribution in [1.82, 2.24) is 15.5 Å². The lowest BCUT2D eigenvalue weighted by atomic mass is 9.95. The maximum absolute atomic E-state index is 12.6. The number of rotatable bonds is 7. The van der Waals surface area contributed by atoms with Crippen LogP contribution in [0.15, 0.2) is 30.3 Å². The molecule has 0 radical (unpaired) electrons. The van der Waals surface area contributed by atoms with Gasteiger partial charge in [-0.3, -0.25) is 9.59 Å². The van der Waals surface area contributed by atoms with E-state index in [-0.39, 0.29) is 24.4 Å². The van der Waals surface area contributed by atoms with E-state index in [0.29, 0.717) is 19.5 Å². The molecule has 2 unspecified atom stereocenters. The Morgan fingerprint density at radius 2 is 1.81 bits per heavy atom. The van der Waals surface area contributed by atoms with Crippen LogP contribution in [0.3, 0.4) is 0 Å². The molecular weight excluding hydrogens is 342 g/mol. The first-order chi connectivity index (χ1) is 13.1. The van der Waals surface area contributed by atoms with Gasteiger partial charge in [0.15, 0.2) is 6.10 Å².